The summed E-state index contributed by atoms with van der Waals surface area (Å²) in [5.41, 5.74) is 0.768. The average molecular weight is 140 g/mol. The SMILES string of the molecule is CC(C)c1cnc(=O)[nH]c1.[HH]. The van der Waals surface area contributed by atoms with E-state index in [2.05, 4.69) is 23.8 Å². The zero-order valence-corrected chi connectivity index (χ0v) is 6.09. The van der Waals surface area contributed by atoms with Gasteiger partial charge in [-0.3, -0.25) is 0 Å². The Balaban J connectivity index is 0.000001000. The lowest BCUT2D eigenvalue weighted by atomic mass is 10.1. The van der Waals surface area contributed by atoms with Crippen LogP contribution in [0.4, 0.5) is 0 Å². The molecule has 1 aromatic rings. The van der Waals surface area contributed by atoms with E-state index in [4.69, 9.17) is 0 Å². The van der Waals surface area contributed by atoms with Crippen molar-refractivity contribution in [3.8, 4) is 0 Å². The average Bonchev–Trinajstić information content (AvgIpc) is 1.88. The van der Waals surface area contributed by atoms with Crippen molar-refractivity contribution in [1.29, 1.82) is 0 Å². The molecule has 0 aliphatic heterocycles. The number of aromatic nitrogens is 2. The Kier molecular flexibility index (Phi) is 1.85. The predicted octanol–water partition coefficient (Wildman–Crippen LogP) is 1.14. The molecule has 0 saturated heterocycles. The van der Waals surface area contributed by atoms with E-state index < -0.39 is 0 Å². The van der Waals surface area contributed by atoms with Crippen LogP contribution in [0.2, 0.25) is 0 Å². The van der Waals surface area contributed by atoms with E-state index in [0.717, 1.165) is 5.56 Å². The number of H-pyrrole nitrogens is 1. The van der Waals surface area contributed by atoms with Crippen molar-refractivity contribution in [2.45, 2.75) is 19.8 Å². The third-order valence-corrected chi connectivity index (χ3v) is 1.36. The van der Waals surface area contributed by atoms with Gasteiger partial charge in [-0.15, -0.1) is 0 Å². The van der Waals surface area contributed by atoms with E-state index in [1.165, 1.54) is 0 Å². The molecule has 0 amide bonds. The topological polar surface area (TPSA) is 45.8 Å². The highest BCUT2D eigenvalue weighted by molar-refractivity contribution is 5.06. The molecule has 0 aromatic carbocycles. The van der Waals surface area contributed by atoms with Crippen LogP contribution < -0.4 is 5.69 Å². The minimum atomic E-state index is -0.288. The van der Waals surface area contributed by atoms with Crippen molar-refractivity contribution < 1.29 is 1.43 Å². The second-order valence-corrected chi connectivity index (χ2v) is 2.51. The summed E-state index contributed by atoms with van der Waals surface area (Å²) in [4.78, 5) is 16.6. The number of hydrogen-bond acceptors (Lipinski definition) is 2. The minimum Gasteiger partial charge on any atom is -0.312 e. The van der Waals surface area contributed by atoms with Gasteiger partial charge in [0.25, 0.3) is 0 Å². The van der Waals surface area contributed by atoms with Crippen molar-refractivity contribution >= 4 is 0 Å². The second kappa shape index (κ2) is 2.64. The fraction of sp³-hybridized carbons (Fsp3) is 0.429. The molecule has 0 spiro atoms. The molecule has 0 unspecified atom stereocenters. The molecule has 0 radical (unpaired) electrons. The maximum atomic E-state index is 10.5. The Morgan fingerprint density at radius 2 is 2.40 bits per heavy atom. The molecule has 1 rings (SSSR count). The van der Waals surface area contributed by atoms with Gasteiger partial charge in [0.15, 0.2) is 0 Å². The molecule has 3 heteroatoms. The van der Waals surface area contributed by atoms with Crippen LogP contribution in [-0.2, 0) is 0 Å². The van der Waals surface area contributed by atoms with Crippen LogP contribution in [0.15, 0.2) is 17.2 Å². The normalized spacial score (nSPS) is 10.3. The van der Waals surface area contributed by atoms with Crippen molar-refractivity contribution in [3.05, 3.63) is 28.4 Å². The molecular formula is C7H12N2O. The largest absolute Gasteiger partial charge is 0.344 e. The molecular weight excluding hydrogens is 128 g/mol. The molecule has 56 valence electrons. The summed E-state index contributed by atoms with van der Waals surface area (Å²) >= 11 is 0. The van der Waals surface area contributed by atoms with E-state index in [-0.39, 0.29) is 7.12 Å². The number of rotatable bonds is 1. The van der Waals surface area contributed by atoms with Crippen LogP contribution in [0.3, 0.4) is 0 Å². The molecule has 1 heterocycles. The second-order valence-electron chi connectivity index (χ2n) is 2.51. The van der Waals surface area contributed by atoms with E-state index in [0.29, 0.717) is 5.92 Å². The fourth-order valence-electron chi connectivity index (χ4n) is 0.669. The van der Waals surface area contributed by atoms with Crippen LogP contribution in [0.25, 0.3) is 0 Å². The zero-order chi connectivity index (χ0) is 7.56. The van der Waals surface area contributed by atoms with Crippen LogP contribution in [-0.4, -0.2) is 9.97 Å². The number of hydrogen-bond donors (Lipinski definition) is 1. The number of nitrogens with one attached hydrogen (secondary N) is 1. The van der Waals surface area contributed by atoms with Gasteiger partial charge in [0.05, 0.1) is 0 Å². The van der Waals surface area contributed by atoms with Crippen molar-refractivity contribution in [3.63, 3.8) is 0 Å². The van der Waals surface area contributed by atoms with Gasteiger partial charge in [0, 0.05) is 13.8 Å². The molecule has 0 aliphatic carbocycles. The first-order chi connectivity index (χ1) is 4.70. The van der Waals surface area contributed by atoms with Crippen LogP contribution in [0.1, 0.15) is 26.8 Å². The standard InChI is InChI=1S/C7H10N2O.H2/c1-5(2)6-3-8-7(10)9-4-6;/h3-5H,1-2H3,(H,8,9,10);1H. The summed E-state index contributed by atoms with van der Waals surface area (Å²) in [6.07, 6.45) is 3.30. The molecule has 0 bridgehead atoms. The van der Waals surface area contributed by atoms with Gasteiger partial charge < -0.3 is 4.98 Å². The van der Waals surface area contributed by atoms with E-state index in [9.17, 15) is 4.79 Å². The smallest absolute Gasteiger partial charge is 0.312 e. The van der Waals surface area contributed by atoms with Gasteiger partial charge >= 0.3 is 5.69 Å². The lowest BCUT2D eigenvalue weighted by Crippen LogP contribution is -2.09. The summed E-state index contributed by atoms with van der Waals surface area (Å²) in [5, 5.41) is 0. The van der Waals surface area contributed by atoms with Crippen LogP contribution >= 0.6 is 0 Å². The lowest BCUT2D eigenvalue weighted by molar-refractivity contribution is 0.838. The van der Waals surface area contributed by atoms with E-state index >= 15 is 0 Å². The number of aromatic amines is 1. The van der Waals surface area contributed by atoms with Gasteiger partial charge in [0.1, 0.15) is 0 Å². The first-order valence-corrected chi connectivity index (χ1v) is 3.25. The van der Waals surface area contributed by atoms with Crippen molar-refractivity contribution in [1.82, 2.24) is 9.97 Å². The quantitative estimate of drug-likeness (QED) is 0.635. The minimum absolute atomic E-state index is 0. The van der Waals surface area contributed by atoms with Gasteiger partial charge in [-0.1, -0.05) is 13.8 Å². The molecule has 1 N–H and O–H groups in total. The van der Waals surface area contributed by atoms with E-state index in [1.807, 2.05) is 0 Å². The van der Waals surface area contributed by atoms with Crippen LogP contribution in [0, 0.1) is 0 Å². The Morgan fingerprint density at radius 1 is 1.70 bits per heavy atom. The zero-order valence-electron chi connectivity index (χ0n) is 6.09. The molecule has 3 nitrogen and oxygen atoms in total. The first kappa shape index (κ1) is 6.99. The first-order valence-electron chi connectivity index (χ1n) is 3.25. The highest BCUT2D eigenvalue weighted by Crippen LogP contribution is 2.08. The number of nitrogens with zero attached hydrogens (tertiary/aromatic N) is 1. The summed E-state index contributed by atoms with van der Waals surface area (Å²) in [7, 11) is 0. The maximum Gasteiger partial charge on any atom is 0.344 e. The molecule has 0 aliphatic rings. The summed E-state index contributed by atoms with van der Waals surface area (Å²) in [6, 6.07) is 0. The molecule has 0 saturated carbocycles. The maximum absolute atomic E-state index is 10.5. The molecule has 1 aromatic heterocycles. The molecule has 10 heavy (non-hydrogen) atoms. The Bertz CT molecular complexity index is 249. The monoisotopic (exact) mass is 140 g/mol. The Hall–Kier alpha value is -1.12. The highest BCUT2D eigenvalue weighted by atomic mass is 16.1. The lowest BCUT2D eigenvalue weighted by Gasteiger charge is -2.00. The molecule has 0 fully saturated rings. The third kappa shape index (κ3) is 1.43. The molecule has 0 atom stereocenters. The Labute approximate surface area is 60.6 Å². The van der Waals surface area contributed by atoms with Gasteiger partial charge in [0.2, 0.25) is 0 Å². The third-order valence-electron chi connectivity index (χ3n) is 1.36. The summed E-state index contributed by atoms with van der Waals surface area (Å²) in [6.45, 7) is 4.10. The van der Waals surface area contributed by atoms with E-state index in [1.54, 1.807) is 12.4 Å². The van der Waals surface area contributed by atoms with Gasteiger partial charge in [-0.05, 0) is 11.5 Å². The predicted molar refractivity (Wildman–Crippen MR) is 41.1 cm³/mol. The highest BCUT2D eigenvalue weighted by Gasteiger charge is 1.96. The summed E-state index contributed by atoms with van der Waals surface area (Å²) < 4.78 is 0. The Morgan fingerprint density at radius 3 is 2.80 bits per heavy atom. The van der Waals surface area contributed by atoms with Gasteiger partial charge in [-0.2, -0.15) is 0 Å². The van der Waals surface area contributed by atoms with Crippen LogP contribution in [0.5, 0.6) is 0 Å². The summed E-state index contributed by atoms with van der Waals surface area (Å²) in [5.74, 6) is 0.421. The van der Waals surface area contributed by atoms with Crippen molar-refractivity contribution in [2.75, 3.05) is 0 Å². The van der Waals surface area contributed by atoms with Crippen molar-refractivity contribution in [2.24, 2.45) is 0 Å². The van der Waals surface area contributed by atoms with Gasteiger partial charge in [-0.25, -0.2) is 9.78 Å². The fourth-order valence-corrected chi connectivity index (χ4v) is 0.669.